The van der Waals surface area contributed by atoms with Crippen LogP contribution >= 0.6 is 0 Å². The molecule has 0 saturated carbocycles. The number of rotatable bonds is 28. The van der Waals surface area contributed by atoms with Gasteiger partial charge in [0.1, 0.15) is 0 Å². The van der Waals surface area contributed by atoms with Crippen molar-refractivity contribution >= 4 is 0 Å². The standard InChI is InChI=1S/C35H72N2/c1-4-7-8-9-10-11-12-13-14-15-16-17-18-19-20-21-22-23-24-25-26-31-36-32-27-35(28-33-36)34-37(29-5-2)30-6-3/h35H,4-34H2,1-3H3. The summed E-state index contributed by atoms with van der Waals surface area (Å²) in [7, 11) is 0. The SMILES string of the molecule is CCCCCCCCCCCCCCCCCCCCCCCN1CCC(CN(CCC)CCC)CC1. The highest BCUT2D eigenvalue weighted by Crippen LogP contribution is 2.20. The molecule has 0 radical (unpaired) electrons. The van der Waals surface area contributed by atoms with E-state index in [0.29, 0.717) is 0 Å². The highest BCUT2D eigenvalue weighted by molar-refractivity contribution is 4.75. The Hall–Kier alpha value is -0.0800. The first kappa shape index (κ1) is 34.9. The van der Waals surface area contributed by atoms with Gasteiger partial charge in [0.25, 0.3) is 0 Å². The van der Waals surface area contributed by atoms with Crippen molar-refractivity contribution < 1.29 is 0 Å². The maximum absolute atomic E-state index is 2.76. The lowest BCUT2D eigenvalue weighted by Gasteiger charge is -2.35. The normalized spacial score (nSPS) is 15.2. The monoisotopic (exact) mass is 521 g/mol. The average molecular weight is 521 g/mol. The molecule has 1 fully saturated rings. The van der Waals surface area contributed by atoms with Crippen molar-refractivity contribution in [3.63, 3.8) is 0 Å². The van der Waals surface area contributed by atoms with E-state index in [4.69, 9.17) is 0 Å². The second-order valence-electron chi connectivity index (χ2n) is 12.7. The summed E-state index contributed by atoms with van der Waals surface area (Å²) in [6.45, 7) is 15.0. The molecule has 0 aromatic rings. The summed E-state index contributed by atoms with van der Waals surface area (Å²) >= 11 is 0. The minimum Gasteiger partial charge on any atom is -0.303 e. The van der Waals surface area contributed by atoms with Crippen LogP contribution in [0, 0.1) is 5.92 Å². The average Bonchev–Trinajstić information content (AvgIpc) is 2.91. The van der Waals surface area contributed by atoms with E-state index >= 15 is 0 Å². The predicted octanol–water partition coefficient (Wildman–Crippen LogP) is 11.0. The third-order valence-electron chi connectivity index (χ3n) is 8.88. The zero-order valence-electron chi connectivity index (χ0n) is 26.4. The van der Waals surface area contributed by atoms with Crippen molar-refractivity contribution in [2.45, 2.75) is 181 Å². The molecule has 0 unspecified atom stereocenters. The summed E-state index contributed by atoms with van der Waals surface area (Å²) in [5, 5.41) is 0. The second kappa shape index (κ2) is 27.5. The third-order valence-corrected chi connectivity index (χ3v) is 8.88. The molecule has 0 bridgehead atoms. The number of likely N-dealkylation sites (tertiary alicyclic amines) is 1. The first-order valence-electron chi connectivity index (χ1n) is 17.7. The van der Waals surface area contributed by atoms with Crippen molar-refractivity contribution in [3.05, 3.63) is 0 Å². The fraction of sp³-hybridized carbons (Fsp3) is 1.00. The van der Waals surface area contributed by atoms with Crippen molar-refractivity contribution in [3.8, 4) is 0 Å². The number of hydrogen-bond donors (Lipinski definition) is 0. The first-order chi connectivity index (χ1) is 18.3. The first-order valence-corrected chi connectivity index (χ1v) is 17.7. The van der Waals surface area contributed by atoms with Gasteiger partial charge in [-0.1, -0.05) is 149 Å². The van der Waals surface area contributed by atoms with E-state index in [9.17, 15) is 0 Å². The third kappa shape index (κ3) is 22.4. The van der Waals surface area contributed by atoms with Crippen LogP contribution in [0.15, 0.2) is 0 Å². The molecule has 37 heavy (non-hydrogen) atoms. The Labute approximate surface area is 236 Å². The van der Waals surface area contributed by atoms with Gasteiger partial charge >= 0.3 is 0 Å². The molecule has 2 heteroatoms. The zero-order chi connectivity index (χ0) is 26.7. The summed E-state index contributed by atoms with van der Waals surface area (Å²) in [5.74, 6) is 0.953. The Kier molecular flexibility index (Phi) is 26.0. The summed E-state index contributed by atoms with van der Waals surface area (Å²) in [5.41, 5.74) is 0. The molecule has 2 nitrogen and oxygen atoms in total. The summed E-state index contributed by atoms with van der Waals surface area (Å²) < 4.78 is 0. The minimum absolute atomic E-state index is 0.953. The van der Waals surface area contributed by atoms with E-state index in [1.807, 2.05) is 0 Å². The molecule has 0 spiro atoms. The maximum atomic E-state index is 2.76. The van der Waals surface area contributed by atoms with Crippen LogP contribution in [0.4, 0.5) is 0 Å². The smallest absolute Gasteiger partial charge is 0.00106 e. The van der Waals surface area contributed by atoms with Crippen molar-refractivity contribution in [1.29, 1.82) is 0 Å². The van der Waals surface area contributed by atoms with Gasteiger partial charge in [0.05, 0.1) is 0 Å². The van der Waals surface area contributed by atoms with Crippen LogP contribution < -0.4 is 0 Å². The molecule has 0 amide bonds. The van der Waals surface area contributed by atoms with Crippen LogP contribution in [0.2, 0.25) is 0 Å². The molecule has 0 N–H and O–H groups in total. The molecule has 222 valence electrons. The van der Waals surface area contributed by atoms with Gasteiger partial charge in [-0.2, -0.15) is 0 Å². The summed E-state index contributed by atoms with van der Waals surface area (Å²) in [6.07, 6.45) is 36.4. The highest BCUT2D eigenvalue weighted by Gasteiger charge is 2.20. The van der Waals surface area contributed by atoms with Crippen molar-refractivity contribution in [2.24, 2.45) is 5.92 Å². The van der Waals surface area contributed by atoms with E-state index in [1.165, 1.54) is 200 Å². The lowest BCUT2D eigenvalue weighted by atomic mass is 9.95. The van der Waals surface area contributed by atoms with E-state index in [0.717, 1.165) is 5.92 Å². The van der Waals surface area contributed by atoms with Gasteiger partial charge in [-0.05, 0) is 70.7 Å². The Morgan fingerprint density at radius 3 is 1.16 bits per heavy atom. The van der Waals surface area contributed by atoms with Crippen LogP contribution in [0.25, 0.3) is 0 Å². The molecule has 0 aromatic heterocycles. The fourth-order valence-electron chi connectivity index (χ4n) is 6.45. The van der Waals surface area contributed by atoms with Gasteiger partial charge in [0, 0.05) is 6.54 Å². The molecular weight excluding hydrogens is 448 g/mol. The molecule has 1 saturated heterocycles. The number of unbranched alkanes of at least 4 members (excludes halogenated alkanes) is 20. The topological polar surface area (TPSA) is 6.48 Å². The van der Waals surface area contributed by atoms with Crippen LogP contribution in [-0.4, -0.2) is 49.1 Å². The molecular formula is C35H72N2. The number of nitrogens with zero attached hydrogens (tertiary/aromatic N) is 2. The Bertz CT molecular complexity index is 423. The fourth-order valence-corrected chi connectivity index (χ4v) is 6.45. The number of hydrogen-bond acceptors (Lipinski definition) is 2. The van der Waals surface area contributed by atoms with E-state index < -0.39 is 0 Å². The van der Waals surface area contributed by atoms with Gasteiger partial charge in [-0.15, -0.1) is 0 Å². The zero-order valence-corrected chi connectivity index (χ0v) is 26.4. The van der Waals surface area contributed by atoms with Crippen LogP contribution in [-0.2, 0) is 0 Å². The quantitative estimate of drug-likeness (QED) is 0.0946. The second-order valence-corrected chi connectivity index (χ2v) is 12.7. The summed E-state index contributed by atoms with van der Waals surface area (Å²) in [4.78, 5) is 5.48. The van der Waals surface area contributed by atoms with E-state index in [-0.39, 0.29) is 0 Å². The lowest BCUT2D eigenvalue weighted by molar-refractivity contribution is 0.141. The maximum Gasteiger partial charge on any atom is 0.00106 e. The van der Waals surface area contributed by atoms with Gasteiger partial charge < -0.3 is 9.80 Å². The van der Waals surface area contributed by atoms with Gasteiger partial charge in [-0.3, -0.25) is 0 Å². The lowest BCUT2D eigenvalue weighted by Crippen LogP contribution is -2.39. The predicted molar refractivity (Wildman–Crippen MR) is 169 cm³/mol. The highest BCUT2D eigenvalue weighted by atomic mass is 15.1. The molecule has 1 rings (SSSR count). The van der Waals surface area contributed by atoms with Crippen LogP contribution in [0.3, 0.4) is 0 Å². The molecule has 0 aliphatic carbocycles. The Morgan fingerprint density at radius 2 is 0.811 bits per heavy atom. The van der Waals surface area contributed by atoms with E-state index in [2.05, 4.69) is 30.6 Å². The van der Waals surface area contributed by atoms with Crippen molar-refractivity contribution in [2.75, 3.05) is 39.3 Å². The molecule has 1 aliphatic rings. The molecule has 1 aliphatic heterocycles. The van der Waals surface area contributed by atoms with Crippen LogP contribution in [0.1, 0.15) is 181 Å². The van der Waals surface area contributed by atoms with Gasteiger partial charge in [-0.25, -0.2) is 0 Å². The van der Waals surface area contributed by atoms with E-state index in [1.54, 1.807) is 0 Å². The van der Waals surface area contributed by atoms with Crippen LogP contribution in [0.5, 0.6) is 0 Å². The molecule has 0 atom stereocenters. The van der Waals surface area contributed by atoms with Crippen molar-refractivity contribution in [1.82, 2.24) is 9.80 Å². The Morgan fingerprint density at radius 1 is 0.459 bits per heavy atom. The van der Waals surface area contributed by atoms with Gasteiger partial charge in [0.2, 0.25) is 0 Å². The molecule has 1 heterocycles. The minimum atomic E-state index is 0.953. The molecule has 0 aromatic carbocycles. The number of piperidine rings is 1. The largest absolute Gasteiger partial charge is 0.303 e. The summed E-state index contributed by atoms with van der Waals surface area (Å²) in [6, 6.07) is 0. The Balaban J connectivity index is 1.76. The van der Waals surface area contributed by atoms with Gasteiger partial charge in [0.15, 0.2) is 0 Å².